The highest BCUT2D eigenvalue weighted by molar-refractivity contribution is 7.99. The molecule has 0 unspecified atom stereocenters. The normalized spacial score (nSPS) is 13.2. The summed E-state index contributed by atoms with van der Waals surface area (Å²) in [6.45, 7) is -0.00825. The number of hydrogen-bond donors (Lipinski definition) is 1. The van der Waals surface area contributed by atoms with Crippen molar-refractivity contribution in [3.05, 3.63) is 29.7 Å². The van der Waals surface area contributed by atoms with Crippen LogP contribution in [-0.4, -0.2) is 40.5 Å². The molecule has 0 saturated carbocycles. The van der Waals surface area contributed by atoms with Gasteiger partial charge in [0.2, 0.25) is 5.89 Å². The Morgan fingerprint density at radius 2 is 2.26 bits per heavy atom. The highest BCUT2D eigenvalue weighted by Gasteiger charge is 2.18. The van der Waals surface area contributed by atoms with Gasteiger partial charge in [0, 0.05) is 5.56 Å². The first kappa shape index (κ1) is 15.9. The van der Waals surface area contributed by atoms with Crippen LogP contribution in [0.3, 0.4) is 0 Å². The molecule has 0 spiro atoms. The number of amides is 1. The van der Waals surface area contributed by atoms with E-state index in [9.17, 15) is 9.59 Å². The van der Waals surface area contributed by atoms with Gasteiger partial charge in [-0.05, 0) is 24.5 Å². The second kappa shape index (κ2) is 7.05. The maximum atomic E-state index is 12.2. The Bertz CT molecular complexity index is 747. The van der Waals surface area contributed by atoms with Gasteiger partial charge in [-0.2, -0.15) is 11.8 Å². The molecule has 1 aliphatic heterocycles. The number of carbonyl (C=O) groups excluding carboxylic acids is 2. The molecule has 120 valence electrons. The molecule has 1 aromatic carbocycles. The zero-order valence-corrected chi connectivity index (χ0v) is 13.8. The van der Waals surface area contributed by atoms with Crippen LogP contribution in [-0.2, 0) is 10.5 Å². The standard InChI is InChI=1S/C14H13N3O4S2/c1-22-7-13-16-17-14(21-13)23-6-10(18)8-2-3-11-9(4-8)15-12(19)5-20-11/h2-4H,5-7H2,1H3,(H,15,19). The third-order valence-corrected chi connectivity index (χ3v) is 4.33. The van der Waals surface area contributed by atoms with Crippen molar-refractivity contribution in [1.82, 2.24) is 10.2 Å². The van der Waals surface area contributed by atoms with Gasteiger partial charge in [0.1, 0.15) is 5.75 Å². The molecule has 0 radical (unpaired) electrons. The van der Waals surface area contributed by atoms with Crippen molar-refractivity contribution in [2.75, 3.05) is 23.9 Å². The van der Waals surface area contributed by atoms with E-state index in [-0.39, 0.29) is 24.1 Å². The van der Waals surface area contributed by atoms with E-state index in [0.29, 0.717) is 33.9 Å². The van der Waals surface area contributed by atoms with Crippen LogP contribution in [0.15, 0.2) is 27.8 Å². The number of ketones is 1. The maximum absolute atomic E-state index is 12.2. The lowest BCUT2D eigenvalue weighted by molar-refractivity contribution is -0.118. The van der Waals surface area contributed by atoms with Gasteiger partial charge >= 0.3 is 0 Å². The number of nitrogens with zero attached hydrogens (tertiary/aromatic N) is 2. The number of aromatic nitrogens is 2. The Kier molecular flexibility index (Phi) is 4.87. The molecule has 7 nitrogen and oxygen atoms in total. The van der Waals surface area contributed by atoms with Gasteiger partial charge in [-0.3, -0.25) is 9.59 Å². The predicted molar refractivity (Wildman–Crippen MR) is 87.1 cm³/mol. The summed E-state index contributed by atoms with van der Waals surface area (Å²) in [5.74, 6) is 1.60. The summed E-state index contributed by atoms with van der Waals surface area (Å²) in [5.41, 5.74) is 1.00. The Morgan fingerprint density at radius 3 is 3.09 bits per heavy atom. The fourth-order valence-electron chi connectivity index (χ4n) is 1.95. The number of fused-ring (bicyclic) bond motifs is 1. The largest absolute Gasteiger partial charge is 0.482 e. The molecular weight excluding hydrogens is 338 g/mol. The van der Waals surface area contributed by atoms with Gasteiger partial charge in [0.25, 0.3) is 11.1 Å². The van der Waals surface area contributed by atoms with Crippen molar-refractivity contribution in [2.45, 2.75) is 11.0 Å². The van der Waals surface area contributed by atoms with Crippen LogP contribution >= 0.6 is 23.5 Å². The van der Waals surface area contributed by atoms with Crippen LogP contribution in [0, 0.1) is 0 Å². The zero-order valence-electron chi connectivity index (χ0n) is 12.2. The fraction of sp³-hybridized carbons (Fsp3) is 0.286. The number of benzene rings is 1. The van der Waals surface area contributed by atoms with Crippen molar-refractivity contribution in [2.24, 2.45) is 0 Å². The Labute approximate surface area is 140 Å². The summed E-state index contributed by atoms with van der Waals surface area (Å²) in [6.07, 6.45) is 1.94. The quantitative estimate of drug-likeness (QED) is 0.625. The van der Waals surface area contributed by atoms with Gasteiger partial charge in [0.05, 0.1) is 17.2 Å². The number of rotatable bonds is 6. The lowest BCUT2D eigenvalue weighted by Gasteiger charge is -2.18. The van der Waals surface area contributed by atoms with Gasteiger partial charge in [-0.1, -0.05) is 11.8 Å². The van der Waals surface area contributed by atoms with Crippen molar-refractivity contribution >= 4 is 40.9 Å². The number of ether oxygens (including phenoxy) is 1. The van der Waals surface area contributed by atoms with E-state index in [0.717, 1.165) is 0 Å². The van der Waals surface area contributed by atoms with Gasteiger partial charge in [-0.15, -0.1) is 10.2 Å². The van der Waals surface area contributed by atoms with E-state index in [4.69, 9.17) is 9.15 Å². The monoisotopic (exact) mass is 351 g/mol. The molecule has 2 aromatic rings. The van der Waals surface area contributed by atoms with E-state index < -0.39 is 0 Å². The van der Waals surface area contributed by atoms with Crippen LogP contribution in [0.2, 0.25) is 0 Å². The van der Waals surface area contributed by atoms with Gasteiger partial charge < -0.3 is 14.5 Å². The van der Waals surface area contributed by atoms with E-state index in [1.807, 2.05) is 6.26 Å². The Morgan fingerprint density at radius 1 is 1.39 bits per heavy atom. The molecule has 1 amide bonds. The summed E-state index contributed by atoms with van der Waals surface area (Å²) in [6, 6.07) is 4.96. The third-order valence-electron chi connectivity index (χ3n) is 2.98. The molecule has 2 heterocycles. The number of Topliss-reactive ketones (excluding diaryl/α,β-unsaturated/α-hetero) is 1. The van der Waals surface area contributed by atoms with Crippen LogP contribution < -0.4 is 10.1 Å². The van der Waals surface area contributed by atoms with Crippen molar-refractivity contribution in [3.63, 3.8) is 0 Å². The number of anilines is 1. The van der Waals surface area contributed by atoms with Crippen LogP contribution in [0.5, 0.6) is 5.75 Å². The molecule has 0 atom stereocenters. The number of hydrogen-bond acceptors (Lipinski definition) is 8. The highest BCUT2D eigenvalue weighted by Crippen LogP contribution is 2.29. The summed E-state index contributed by atoms with van der Waals surface area (Å²) in [4.78, 5) is 23.6. The second-order valence-electron chi connectivity index (χ2n) is 4.65. The second-order valence-corrected chi connectivity index (χ2v) is 6.45. The first-order valence-corrected chi connectivity index (χ1v) is 9.07. The molecule has 1 N–H and O–H groups in total. The minimum absolute atomic E-state index is 0.00825. The highest BCUT2D eigenvalue weighted by atomic mass is 32.2. The minimum atomic E-state index is -0.233. The molecule has 1 aliphatic rings. The van der Waals surface area contributed by atoms with E-state index >= 15 is 0 Å². The zero-order chi connectivity index (χ0) is 16.2. The van der Waals surface area contributed by atoms with E-state index in [1.165, 1.54) is 11.8 Å². The first-order valence-electron chi connectivity index (χ1n) is 6.69. The van der Waals surface area contributed by atoms with Crippen molar-refractivity contribution < 1.29 is 18.7 Å². The molecule has 1 aromatic heterocycles. The topological polar surface area (TPSA) is 94.3 Å². The third kappa shape index (κ3) is 3.85. The molecule has 0 saturated heterocycles. The summed E-state index contributed by atoms with van der Waals surface area (Å²) >= 11 is 2.77. The number of nitrogens with one attached hydrogen (secondary N) is 1. The Hall–Kier alpha value is -2.00. The number of thioether (sulfide) groups is 2. The molecular formula is C14H13N3O4S2. The van der Waals surface area contributed by atoms with Gasteiger partial charge in [0.15, 0.2) is 12.4 Å². The lowest BCUT2D eigenvalue weighted by Crippen LogP contribution is -2.25. The minimum Gasteiger partial charge on any atom is -0.482 e. The molecule has 23 heavy (non-hydrogen) atoms. The summed E-state index contributed by atoms with van der Waals surface area (Å²) in [7, 11) is 0. The summed E-state index contributed by atoms with van der Waals surface area (Å²) in [5, 5.41) is 10.8. The molecule has 3 rings (SSSR count). The van der Waals surface area contributed by atoms with E-state index in [1.54, 1.807) is 30.0 Å². The van der Waals surface area contributed by atoms with Crippen molar-refractivity contribution in [1.29, 1.82) is 0 Å². The first-order chi connectivity index (χ1) is 11.2. The van der Waals surface area contributed by atoms with Crippen LogP contribution in [0.1, 0.15) is 16.2 Å². The van der Waals surface area contributed by atoms with Crippen LogP contribution in [0.25, 0.3) is 0 Å². The van der Waals surface area contributed by atoms with Crippen LogP contribution in [0.4, 0.5) is 5.69 Å². The average Bonchev–Trinajstić information content (AvgIpc) is 3.00. The smallest absolute Gasteiger partial charge is 0.277 e. The average molecular weight is 351 g/mol. The van der Waals surface area contributed by atoms with Crippen molar-refractivity contribution in [3.8, 4) is 5.75 Å². The SMILES string of the molecule is CSCc1nnc(SCC(=O)c2ccc3c(c2)NC(=O)CO3)o1. The maximum Gasteiger partial charge on any atom is 0.277 e. The Balaban J connectivity index is 1.63. The van der Waals surface area contributed by atoms with E-state index in [2.05, 4.69) is 15.5 Å². The molecule has 0 bridgehead atoms. The molecule has 0 fully saturated rings. The predicted octanol–water partition coefficient (Wildman–Crippen LogP) is 2.24. The van der Waals surface area contributed by atoms with Gasteiger partial charge in [-0.25, -0.2) is 0 Å². The lowest BCUT2D eigenvalue weighted by atomic mass is 10.1. The fourth-order valence-corrected chi connectivity index (χ4v) is 2.98. The molecule has 0 aliphatic carbocycles. The molecule has 9 heteroatoms. The summed E-state index contributed by atoms with van der Waals surface area (Å²) < 4.78 is 10.7. The number of carbonyl (C=O) groups is 2.